The summed E-state index contributed by atoms with van der Waals surface area (Å²) in [5.74, 6) is 0.0596. The summed E-state index contributed by atoms with van der Waals surface area (Å²) < 4.78 is 15.8. The fraction of sp³-hybridized carbons (Fsp3) is 0.923. The number of ether oxygens (including phenoxy) is 3. The van der Waals surface area contributed by atoms with Crippen molar-refractivity contribution in [3.63, 3.8) is 0 Å². The van der Waals surface area contributed by atoms with E-state index in [1.807, 2.05) is 4.90 Å². The van der Waals surface area contributed by atoms with Crippen molar-refractivity contribution in [1.29, 1.82) is 0 Å². The Hall–Kier alpha value is -0.730. The van der Waals surface area contributed by atoms with Gasteiger partial charge in [-0.05, 0) is 7.05 Å². The number of piperazine rings is 1. The van der Waals surface area contributed by atoms with E-state index in [4.69, 9.17) is 19.9 Å². The molecule has 1 aliphatic rings. The Labute approximate surface area is 120 Å². The summed E-state index contributed by atoms with van der Waals surface area (Å²) in [7, 11) is 2.06. The molecule has 0 bridgehead atoms. The fourth-order valence-electron chi connectivity index (χ4n) is 1.83. The molecule has 0 aromatic heterocycles. The van der Waals surface area contributed by atoms with Crippen molar-refractivity contribution in [2.45, 2.75) is 0 Å². The predicted molar refractivity (Wildman–Crippen MR) is 75.6 cm³/mol. The van der Waals surface area contributed by atoms with E-state index in [0.717, 1.165) is 26.2 Å². The average molecular weight is 289 g/mol. The fourth-order valence-corrected chi connectivity index (χ4v) is 1.83. The van der Waals surface area contributed by atoms with Crippen LogP contribution in [0.4, 0.5) is 0 Å². The van der Waals surface area contributed by atoms with Crippen molar-refractivity contribution in [1.82, 2.24) is 9.80 Å². The summed E-state index contributed by atoms with van der Waals surface area (Å²) in [4.78, 5) is 15.9. The molecule has 0 atom stereocenters. The molecule has 1 aliphatic heterocycles. The summed E-state index contributed by atoms with van der Waals surface area (Å²) in [6, 6.07) is 0. The minimum absolute atomic E-state index is 0.0596. The Bertz CT molecular complexity index is 258. The Morgan fingerprint density at radius 1 is 0.950 bits per heavy atom. The van der Waals surface area contributed by atoms with Crippen molar-refractivity contribution in [3.05, 3.63) is 0 Å². The Balaban J connectivity index is 1.89. The Kier molecular flexibility index (Phi) is 9.52. The van der Waals surface area contributed by atoms with Gasteiger partial charge in [0.1, 0.15) is 6.61 Å². The summed E-state index contributed by atoms with van der Waals surface area (Å²) in [6.07, 6.45) is 0. The van der Waals surface area contributed by atoms with Crippen LogP contribution in [0.25, 0.3) is 0 Å². The van der Waals surface area contributed by atoms with Gasteiger partial charge in [-0.3, -0.25) is 4.79 Å². The van der Waals surface area contributed by atoms with Gasteiger partial charge in [0.05, 0.1) is 33.0 Å². The Morgan fingerprint density at radius 3 is 2.10 bits per heavy atom. The topological polar surface area (TPSA) is 77.3 Å². The second-order valence-corrected chi connectivity index (χ2v) is 4.75. The maximum atomic E-state index is 11.8. The lowest BCUT2D eigenvalue weighted by Crippen LogP contribution is -2.48. The van der Waals surface area contributed by atoms with Gasteiger partial charge in [0.2, 0.25) is 5.91 Å². The average Bonchev–Trinajstić information content (AvgIpc) is 2.46. The summed E-state index contributed by atoms with van der Waals surface area (Å²) in [5, 5.41) is 0. The molecule has 1 saturated heterocycles. The van der Waals surface area contributed by atoms with Crippen molar-refractivity contribution in [2.24, 2.45) is 5.73 Å². The maximum absolute atomic E-state index is 11.8. The lowest BCUT2D eigenvalue weighted by atomic mass is 10.3. The highest BCUT2D eigenvalue weighted by atomic mass is 16.5. The van der Waals surface area contributed by atoms with Crippen molar-refractivity contribution in [2.75, 3.05) is 79.4 Å². The molecule has 0 aliphatic carbocycles. The van der Waals surface area contributed by atoms with Crippen molar-refractivity contribution in [3.8, 4) is 0 Å². The van der Waals surface area contributed by atoms with E-state index in [0.29, 0.717) is 39.6 Å². The SMILES string of the molecule is CN1CCN(C(=O)COCCOCCOCCN)CC1. The zero-order valence-corrected chi connectivity index (χ0v) is 12.4. The van der Waals surface area contributed by atoms with Gasteiger partial charge in [-0.15, -0.1) is 0 Å². The molecule has 1 fully saturated rings. The predicted octanol–water partition coefficient (Wildman–Crippen LogP) is -1.23. The molecule has 118 valence electrons. The first-order chi connectivity index (χ1) is 9.74. The van der Waals surface area contributed by atoms with Crippen LogP contribution < -0.4 is 5.73 Å². The molecule has 1 amide bonds. The van der Waals surface area contributed by atoms with Gasteiger partial charge in [0.25, 0.3) is 0 Å². The van der Waals surface area contributed by atoms with Crippen LogP contribution in [-0.4, -0.2) is 95.1 Å². The number of nitrogens with zero attached hydrogens (tertiary/aromatic N) is 2. The number of rotatable bonds is 10. The normalized spacial score (nSPS) is 16.6. The second-order valence-electron chi connectivity index (χ2n) is 4.75. The summed E-state index contributed by atoms with van der Waals surface area (Å²) >= 11 is 0. The van der Waals surface area contributed by atoms with Crippen LogP contribution in [0.3, 0.4) is 0 Å². The lowest BCUT2D eigenvalue weighted by molar-refractivity contribution is -0.138. The van der Waals surface area contributed by atoms with Crippen LogP contribution in [0.5, 0.6) is 0 Å². The number of carbonyl (C=O) groups is 1. The molecule has 0 unspecified atom stereocenters. The summed E-state index contributed by atoms with van der Waals surface area (Å²) in [6.45, 7) is 6.61. The molecule has 1 heterocycles. The monoisotopic (exact) mass is 289 g/mol. The van der Waals surface area contributed by atoms with Crippen LogP contribution in [-0.2, 0) is 19.0 Å². The van der Waals surface area contributed by atoms with Gasteiger partial charge in [0, 0.05) is 32.7 Å². The van der Waals surface area contributed by atoms with E-state index >= 15 is 0 Å². The van der Waals surface area contributed by atoms with Crippen LogP contribution in [0, 0.1) is 0 Å². The number of amides is 1. The number of likely N-dealkylation sites (N-methyl/N-ethyl adjacent to an activating group) is 1. The molecule has 0 saturated carbocycles. The number of hydrogen-bond acceptors (Lipinski definition) is 6. The van der Waals surface area contributed by atoms with Crippen molar-refractivity contribution >= 4 is 5.91 Å². The molecular formula is C13H27N3O4. The zero-order chi connectivity index (χ0) is 14.6. The molecule has 1 rings (SSSR count). The molecular weight excluding hydrogens is 262 g/mol. The largest absolute Gasteiger partial charge is 0.378 e. The van der Waals surface area contributed by atoms with E-state index in [1.165, 1.54) is 0 Å². The highest BCUT2D eigenvalue weighted by molar-refractivity contribution is 5.77. The van der Waals surface area contributed by atoms with Crippen LogP contribution >= 0.6 is 0 Å². The van der Waals surface area contributed by atoms with Crippen molar-refractivity contribution < 1.29 is 19.0 Å². The van der Waals surface area contributed by atoms with Gasteiger partial charge in [-0.2, -0.15) is 0 Å². The third kappa shape index (κ3) is 7.76. The third-order valence-corrected chi connectivity index (χ3v) is 3.09. The van der Waals surface area contributed by atoms with E-state index < -0.39 is 0 Å². The third-order valence-electron chi connectivity index (χ3n) is 3.09. The minimum Gasteiger partial charge on any atom is -0.378 e. The molecule has 0 aromatic rings. The van der Waals surface area contributed by atoms with Gasteiger partial charge >= 0.3 is 0 Å². The smallest absolute Gasteiger partial charge is 0.248 e. The van der Waals surface area contributed by atoms with Crippen LogP contribution in [0.1, 0.15) is 0 Å². The molecule has 0 aromatic carbocycles. The second kappa shape index (κ2) is 11.0. The van der Waals surface area contributed by atoms with Gasteiger partial charge < -0.3 is 29.7 Å². The first-order valence-electron chi connectivity index (χ1n) is 7.13. The first kappa shape index (κ1) is 17.3. The first-order valence-corrected chi connectivity index (χ1v) is 7.13. The van der Waals surface area contributed by atoms with Gasteiger partial charge in [-0.1, -0.05) is 0 Å². The van der Waals surface area contributed by atoms with E-state index in [1.54, 1.807) is 0 Å². The zero-order valence-electron chi connectivity index (χ0n) is 12.4. The molecule has 7 nitrogen and oxygen atoms in total. The number of carbonyl (C=O) groups excluding carboxylic acids is 1. The van der Waals surface area contributed by atoms with Crippen LogP contribution in [0.15, 0.2) is 0 Å². The van der Waals surface area contributed by atoms with E-state index in [-0.39, 0.29) is 12.5 Å². The molecule has 20 heavy (non-hydrogen) atoms. The van der Waals surface area contributed by atoms with E-state index in [2.05, 4.69) is 11.9 Å². The molecule has 0 spiro atoms. The Morgan fingerprint density at radius 2 is 1.50 bits per heavy atom. The molecule has 0 radical (unpaired) electrons. The van der Waals surface area contributed by atoms with E-state index in [9.17, 15) is 4.79 Å². The minimum atomic E-state index is 0.0596. The van der Waals surface area contributed by atoms with Gasteiger partial charge in [-0.25, -0.2) is 0 Å². The standard InChI is InChI=1S/C13H27N3O4/c1-15-3-5-16(6-4-15)13(17)12-20-11-10-19-9-8-18-7-2-14/h2-12,14H2,1H3. The highest BCUT2D eigenvalue weighted by Gasteiger charge is 2.18. The molecule has 7 heteroatoms. The van der Waals surface area contributed by atoms with Gasteiger partial charge in [0.15, 0.2) is 0 Å². The maximum Gasteiger partial charge on any atom is 0.248 e. The summed E-state index contributed by atoms with van der Waals surface area (Å²) in [5.41, 5.74) is 5.28. The van der Waals surface area contributed by atoms with Crippen LogP contribution in [0.2, 0.25) is 0 Å². The number of hydrogen-bond donors (Lipinski definition) is 1. The lowest BCUT2D eigenvalue weighted by Gasteiger charge is -2.32. The molecule has 2 N–H and O–H groups in total. The number of nitrogens with two attached hydrogens (primary N) is 1. The highest BCUT2D eigenvalue weighted by Crippen LogP contribution is 1.99. The quantitative estimate of drug-likeness (QED) is 0.507.